The Hall–Kier alpha value is -1.95. The molecule has 5 nitrogen and oxygen atoms in total. The van der Waals surface area contributed by atoms with E-state index in [1.807, 2.05) is 13.8 Å². The van der Waals surface area contributed by atoms with Crippen LogP contribution in [0.1, 0.15) is 24.2 Å². The Labute approximate surface area is 129 Å². The molecule has 0 spiro atoms. The molecule has 0 saturated carbocycles. The van der Waals surface area contributed by atoms with Gasteiger partial charge in [-0.3, -0.25) is 9.59 Å². The van der Waals surface area contributed by atoms with Gasteiger partial charge < -0.3 is 15.0 Å². The maximum atomic E-state index is 12.9. The number of halogens is 1. The highest BCUT2D eigenvalue weighted by molar-refractivity contribution is 5.97. The first-order valence-corrected chi connectivity index (χ1v) is 7.42. The van der Waals surface area contributed by atoms with Crippen LogP contribution in [0, 0.1) is 11.7 Å². The van der Waals surface area contributed by atoms with Crippen molar-refractivity contribution in [2.45, 2.75) is 19.9 Å². The Bertz CT molecular complexity index is 525. The summed E-state index contributed by atoms with van der Waals surface area (Å²) in [5.74, 6) is -0.921. The molecular formula is C16H21FN2O3. The summed E-state index contributed by atoms with van der Waals surface area (Å²) in [6.45, 7) is 5.87. The van der Waals surface area contributed by atoms with E-state index < -0.39 is 11.9 Å². The van der Waals surface area contributed by atoms with E-state index in [-0.39, 0.29) is 17.7 Å². The molecule has 1 N–H and O–H groups in total. The number of hydrogen-bond donors (Lipinski definition) is 1. The third kappa shape index (κ3) is 4.04. The summed E-state index contributed by atoms with van der Waals surface area (Å²) < 4.78 is 18.1. The molecule has 1 atom stereocenters. The summed E-state index contributed by atoms with van der Waals surface area (Å²) in [4.78, 5) is 26.5. The molecule has 1 saturated heterocycles. The molecule has 1 aliphatic heterocycles. The van der Waals surface area contributed by atoms with E-state index in [0.717, 1.165) is 0 Å². The van der Waals surface area contributed by atoms with Gasteiger partial charge in [-0.1, -0.05) is 13.8 Å². The number of carbonyl (C=O) groups is 2. The summed E-state index contributed by atoms with van der Waals surface area (Å²) in [5, 5.41) is 2.76. The second-order valence-electron chi connectivity index (χ2n) is 5.64. The van der Waals surface area contributed by atoms with Gasteiger partial charge in [0.05, 0.1) is 13.2 Å². The largest absolute Gasteiger partial charge is 0.378 e. The van der Waals surface area contributed by atoms with E-state index in [1.54, 1.807) is 4.90 Å². The Morgan fingerprint density at radius 2 is 1.77 bits per heavy atom. The Morgan fingerprint density at radius 1 is 1.18 bits per heavy atom. The molecule has 1 aromatic carbocycles. The third-order valence-corrected chi connectivity index (χ3v) is 3.65. The van der Waals surface area contributed by atoms with Crippen LogP contribution < -0.4 is 5.32 Å². The summed E-state index contributed by atoms with van der Waals surface area (Å²) in [6, 6.07) is 4.66. The molecule has 0 unspecified atom stereocenters. The predicted molar refractivity (Wildman–Crippen MR) is 79.9 cm³/mol. The zero-order chi connectivity index (χ0) is 16.1. The van der Waals surface area contributed by atoms with Crippen molar-refractivity contribution in [3.05, 3.63) is 35.6 Å². The first kappa shape index (κ1) is 16.4. The molecule has 6 heteroatoms. The zero-order valence-electron chi connectivity index (χ0n) is 12.8. The number of nitrogens with zero attached hydrogens (tertiary/aromatic N) is 1. The molecule has 120 valence electrons. The molecule has 0 aromatic heterocycles. The highest BCUT2D eigenvalue weighted by Crippen LogP contribution is 2.10. The van der Waals surface area contributed by atoms with E-state index in [0.29, 0.717) is 31.9 Å². The van der Waals surface area contributed by atoms with Gasteiger partial charge in [-0.25, -0.2) is 4.39 Å². The number of amides is 2. The van der Waals surface area contributed by atoms with Crippen molar-refractivity contribution in [1.82, 2.24) is 10.2 Å². The van der Waals surface area contributed by atoms with Gasteiger partial charge in [-0.15, -0.1) is 0 Å². The second kappa shape index (κ2) is 7.35. The van der Waals surface area contributed by atoms with Gasteiger partial charge in [-0.05, 0) is 30.2 Å². The lowest BCUT2D eigenvalue weighted by molar-refractivity contribution is -0.138. The van der Waals surface area contributed by atoms with E-state index in [2.05, 4.69) is 5.32 Å². The van der Waals surface area contributed by atoms with Crippen molar-refractivity contribution in [1.29, 1.82) is 0 Å². The van der Waals surface area contributed by atoms with E-state index in [4.69, 9.17) is 4.74 Å². The van der Waals surface area contributed by atoms with Crippen LogP contribution in [0.25, 0.3) is 0 Å². The number of carbonyl (C=O) groups excluding carboxylic acids is 2. The topological polar surface area (TPSA) is 58.6 Å². The fourth-order valence-electron chi connectivity index (χ4n) is 2.32. The van der Waals surface area contributed by atoms with Crippen molar-refractivity contribution >= 4 is 11.8 Å². The number of benzene rings is 1. The van der Waals surface area contributed by atoms with Crippen LogP contribution in [-0.2, 0) is 9.53 Å². The Balaban J connectivity index is 2.06. The van der Waals surface area contributed by atoms with Crippen LogP contribution in [0.15, 0.2) is 24.3 Å². The molecular weight excluding hydrogens is 287 g/mol. The highest BCUT2D eigenvalue weighted by Gasteiger charge is 2.29. The Kier molecular flexibility index (Phi) is 5.49. The first-order valence-electron chi connectivity index (χ1n) is 7.42. The lowest BCUT2D eigenvalue weighted by atomic mass is 10.0. The molecule has 1 aromatic rings. The molecule has 1 fully saturated rings. The van der Waals surface area contributed by atoms with Gasteiger partial charge >= 0.3 is 0 Å². The van der Waals surface area contributed by atoms with Crippen LogP contribution in [0.5, 0.6) is 0 Å². The molecule has 1 heterocycles. The van der Waals surface area contributed by atoms with Crippen LogP contribution in [0.2, 0.25) is 0 Å². The monoisotopic (exact) mass is 308 g/mol. The predicted octanol–water partition coefficient (Wildman–Crippen LogP) is 1.44. The number of rotatable bonds is 4. The molecule has 0 aliphatic carbocycles. The van der Waals surface area contributed by atoms with Gasteiger partial charge in [0.1, 0.15) is 11.9 Å². The summed E-state index contributed by atoms with van der Waals surface area (Å²) >= 11 is 0. The minimum atomic E-state index is -0.601. The average Bonchev–Trinajstić information content (AvgIpc) is 2.53. The van der Waals surface area contributed by atoms with Crippen molar-refractivity contribution in [2.24, 2.45) is 5.92 Å². The molecule has 2 rings (SSSR count). The smallest absolute Gasteiger partial charge is 0.251 e. The number of morpholine rings is 1. The maximum Gasteiger partial charge on any atom is 0.251 e. The van der Waals surface area contributed by atoms with Gasteiger partial charge in [0.25, 0.3) is 5.91 Å². The highest BCUT2D eigenvalue weighted by atomic mass is 19.1. The molecule has 22 heavy (non-hydrogen) atoms. The van der Waals surface area contributed by atoms with Crippen LogP contribution in [0.4, 0.5) is 4.39 Å². The molecule has 1 aliphatic rings. The number of nitrogens with one attached hydrogen (secondary N) is 1. The summed E-state index contributed by atoms with van der Waals surface area (Å²) in [7, 11) is 0. The van der Waals surface area contributed by atoms with Crippen LogP contribution in [0.3, 0.4) is 0 Å². The van der Waals surface area contributed by atoms with Crippen LogP contribution >= 0.6 is 0 Å². The van der Waals surface area contributed by atoms with Crippen LogP contribution in [-0.4, -0.2) is 49.1 Å². The van der Waals surface area contributed by atoms with Crippen molar-refractivity contribution in [3.8, 4) is 0 Å². The van der Waals surface area contributed by atoms with Crippen molar-refractivity contribution in [3.63, 3.8) is 0 Å². The number of ether oxygens (including phenoxy) is 1. The summed E-state index contributed by atoms with van der Waals surface area (Å²) in [5.41, 5.74) is 0.335. The molecule has 0 bridgehead atoms. The molecule has 0 radical (unpaired) electrons. The normalized spacial score (nSPS) is 16.5. The van der Waals surface area contributed by atoms with Crippen molar-refractivity contribution in [2.75, 3.05) is 26.3 Å². The van der Waals surface area contributed by atoms with Crippen molar-refractivity contribution < 1.29 is 18.7 Å². The van der Waals surface area contributed by atoms with Gasteiger partial charge in [0, 0.05) is 18.7 Å². The Morgan fingerprint density at radius 3 is 2.32 bits per heavy atom. The van der Waals surface area contributed by atoms with E-state index >= 15 is 0 Å². The maximum absolute atomic E-state index is 12.9. The lowest BCUT2D eigenvalue weighted by Crippen LogP contribution is -2.53. The minimum Gasteiger partial charge on any atom is -0.378 e. The minimum absolute atomic E-state index is 0.0419. The van der Waals surface area contributed by atoms with Gasteiger partial charge in [0.15, 0.2) is 0 Å². The fraction of sp³-hybridized carbons (Fsp3) is 0.500. The number of hydrogen-bond acceptors (Lipinski definition) is 3. The average molecular weight is 308 g/mol. The SMILES string of the molecule is CC(C)[C@H](NC(=O)c1ccc(F)cc1)C(=O)N1CCOCC1. The van der Waals surface area contributed by atoms with E-state index in [1.165, 1.54) is 24.3 Å². The standard InChI is InChI=1S/C16H21FN2O3/c1-11(2)14(16(21)19-7-9-22-10-8-19)18-15(20)12-3-5-13(17)6-4-12/h3-6,11,14H,7-10H2,1-2H3,(H,18,20)/t14-/m0/s1. The molecule has 2 amide bonds. The zero-order valence-corrected chi connectivity index (χ0v) is 12.8. The quantitative estimate of drug-likeness (QED) is 0.915. The van der Waals surface area contributed by atoms with Gasteiger partial charge in [0.2, 0.25) is 5.91 Å². The lowest BCUT2D eigenvalue weighted by Gasteiger charge is -2.32. The second-order valence-corrected chi connectivity index (χ2v) is 5.64. The summed E-state index contributed by atoms with van der Waals surface area (Å²) in [6.07, 6.45) is 0. The van der Waals surface area contributed by atoms with Gasteiger partial charge in [-0.2, -0.15) is 0 Å². The fourth-order valence-corrected chi connectivity index (χ4v) is 2.32. The first-order chi connectivity index (χ1) is 10.5. The van der Waals surface area contributed by atoms with E-state index in [9.17, 15) is 14.0 Å². The third-order valence-electron chi connectivity index (χ3n) is 3.65.